The monoisotopic (exact) mass is 412 g/mol. The van der Waals surface area contributed by atoms with Crippen LogP contribution in [0.1, 0.15) is 36.9 Å². The Hall–Kier alpha value is -1.76. The number of benzene rings is 1. The molecule has 0 atom stereocenters. The predicted molar refractivity (Wildman–Crippen MR) is 119 cm³/mol. The van der Waals surface area contributed by atoms with Crippen molar-refractivity contribution in [1.29, 1.82) is 0 Å². The highest BCUT2D eigenvalue weighted by atomic mass is 32.1. The average molecular weight is 413 g/mol. The Kier molecular flexibility index (Phi) is 6.95. The molecule has 29 heavy (non-hydrogen) atoms. The van der Waals surface area contributed by atoms with Crippen LogP contribution in [-0.4, -0.2) is 71.9 Å². The molecule has 2 aromatic rings. The van der Waals surface area contributed by atoms with Crippen molar-refractivity contribution < 1.29 is 4.79 Å². The Labute approximate surface area is 178 Å². The number of likely N-dealkylation sites (tertiary alicyclic amines) is 1. The van der Waals surface area contributed by atoms with Crippen LogP contribution in [0.3, 0.4) is 0 Å². The molecule has 4 rings (SSSR count). The van der Waals surface area contributed by atoms with Gasteiger partial charge in [0.15, 0.2) is 0 Å². The number of piperazine rings is 1. The van der Waals surface area contributed by atoms with Gasteiger partial charge in [0.05, 0.1) is 12.1 Å². The first kappa shape index (κ1) is 20.5. The highest BCUT2D eigenvalue weighted by molar-refractivity contribution is 7.13. The molecule has 1 aromatic carbocycles. The minimum Gasteiger partial charge on any atom is -0.342 e. The number of thiazole rings is 1. The van der Waals surface area contributed by atoms with Crippen LogP contribution in [0.5, 0.6) is 0 Å². The SMILES string of the molecule is CN1CCN(Cc2ccc(-c3nc(CC(=O)N4CCCCCC4)cs3)cc2)CC1. The van der Waals surface area contributed by atoms with Gasteiger partial charge < -0.3 is 9.80 Å². The molecule has 0 aliphatic carbocycles. The second kappa shape index (κ2) is 9.83. The summed E-state index contributed by atoms with van der Waals surface area (Å²) in [5, 5.41) is 3.05. The molecule has 2 aliphatic rings. The van der Waals surface area contributed by atoms with Crippen molar-refractivity contribution in [2.24, 2.45) is 0 Å². The van der Waals surface area contributed by atoms with E-state index in [0.29, 0.717) is 6.42 Å². The van der Waals surface area contributed by atoms with Gasteiger partial charge in [0.2, 0.25) is 5.91 Å². The first-order valence-electron chi connectivity index (χ1n) is 10.9. The summed E-state index contributed by atoms with van der Waals surface area (Å²) in [6.07, 6.45) is 5.19. The lowest BCUT2D eigenvalue weighted by Gasteiger charge is -2.32. The second-order valence-corrected chi connectivity index (χ2v) is 9.25. The summed E-state index contributed by atoms with van der Waals surface area (Å²) in [5.41, 5.74) is 3.40. The van der Waals surface area contributed by atoms with Crippen LogP contribution < -0.4 is 0 Å². The highest BCUT2D eigenvalue weighted by Crippen LogP contribution is 2.25. The summed E-state index contributed by atoms with van der Waals surface area (Å²) in [6.45, 7) is 7.40. The van der Waals surface area contributed by atoms with Crippen LogP contribution in [0, 0.1) is 0 Å². The van der Waals surface area contributed by atoms with E-state index >= 15 is 0 Å². The van der Waals surface area contributed by atoms with Crippen LogP contribution >= 0.6 is 11.3 Å². The summed E-state index contributed by atoms with van der Waals surface area (Å²) in [7, 11) is 2.19. The van der Waals surface area contributed by atoms with Crippen LogP contribution in [0.2, 0.25) is 0 Å². The fourth-order valence-electron chi connectivity index (χ4n) is 4.12. The quantitative estimate of drug-likeness (QED) is 0.754. The molecule has 0 saturated carbocycles. The van der Waals surface area contributed by atoms with Crippen molar-refractivity contribution in [2.45, 2.75) is 38.6 Å². The molecule has 0 bridgehead atoms. The summed E-state index contributed by atoms with van der Waals surface area (Å²) in [4.78, 5) is 24.3. The Morgan fingerprint density at radius 1 is 0.966 bits per heavy atom. The Balaban J connectivity index is 1.33. The van der Waals surface area contributed by atoms with Gasteiger partial charge in [-0.05, 0) is 25.5 Å². The number of carbonyl (C=O) groups excluding carboxylic acids is 1. The largest absolute Gasteiger partial charge is 0.342 e. The van der Waals surface area contributed by atoms with Gasteiger partial charge in [0.1, 0.15) is 5.01 Å². The van der Waals surface area contributed by atoms with Gasteiger partial charge in [0, 0.05) is 56.8 Å². The van der Waals surface area contributed by atoms with Gasteiger partial charge in [-0.25, -0.2) is 4.98 Å². The van der Waals surface area contributed by atoms with E-state index in [1.165, 1.54) is 18.4 Å². The number of rotatable bonds is 5. The van der Waals surface area contributed by atoms with Crippen molar-refractivity contribution in [3.8, 4) is 10.6 Å². The van der Waals surface area contributed by atoms with Crippen molar-refractivity contribution >= 4 is 17.2 Å². The zero-order valence-corrected chi connectivity index (χ0v) is 18.3. The molecule has 2 fully saturated rings. The number of hydrogen-bond donors (Lipinski definition) is 0. The lowest BCUT2D eigenvalue weighted by atomic mass is 10.1. The standard InChI is InChI=1S/C23H32N4OS/c1-25-12-14-26(15-13-25)17-19-6-8-20(9-7-19)23-24-21(18-29-23)16-22(28)27-10-4-2-3-5-11-27/h6-9,18H,2-5,10-17H2,1H3. The van der Waals surface area contributed by atoms with E-state index in [-0.39, 0.29) is 5.91 Å². The van der Waals surface area contributed by atoms with Crippen molar-refractivity contribution in [1.82, 2.24) is 19.7 Å². The van der Waals surface area contributed by atoms with Gasteiger partial charge in [-0.3, -0.25) is 9.69 Å². The maximum absolute atomic E-state index is 12.6. The van der Waals surface area contributed by atoms with Crippen LogP contribution in [0.25, 0.3) is 10.6 Å². The molecule has 6 heteroatoms. The lowest BCUT2D eigenvalue weighted by molar-refractivity contribution is -0.130. The number of nitrogens with zero attached hydrogens (tertiary/aromatic N) is 4. The highest BCUT2D eigenvalue weighted by Gasteiger charge is 2.18. The van der Waals surface area contributed by atoms with E-state index in [1.807, 2.05) is 10.3 Å². The second-order valence-electron chi connectivity index (χ2n) is 8.39. The molecule has 5 nitrogen and oxygen atoms in total. The smallest absolute Gasteiger partial charge is 0.228 e. The first-order chi connectivity index (χ1) is 14.2. The number of carbonyl (C=O) groups is 1. The van der Waals surface area contributed by atoms with E-state index in [9.17, 15) is 4.79 Å². The molecule has 0 unspecified atom stereocenters. The van der Waals surface area contributed by atoms with E-state index in [0.717, 1.165) is 74.9 Å². The Morgan fingerprint density at radius 3 is 2.34 bits per heavy atom. The molecular formula is C23H32N4OS. The van der Waals surface area contributed by atoms with Crippen molar-refractivity contribution in [3.63, 3.8) is 0 Å². The van der Waals surface area contributed by atoms with E-state index in [2.05, 4.69) is 41.1 Å². The van der Waals surface area contributed by atoms with Crippen molar-refractivity contribution in [3.05, 3.63) is 40.9 Å². The third-order valence-corrected chi connectivity index (χ3v) is 6.99. The van der Waals surface area contributed by atoms with Gasteiger partial charge in [-0.15, -0.1) is 11.3 Å². The maximum atomic E-state index is 12.6. The van der Waals surface area contributed by atoms with Crippen LogP contribution in [-0.2, 0) is 17.8 Å². The molecule has 1 aromatic heterocycles. The predicted octanol–water partition coefficient (Wildman–Crippen LogP) is 3.50. The molecule has 3 heterocycles. The molecule has 2 saturated heterocycles. The summed E-state index contributed by atoms with van der Waals surface area (Å²) >= 11 is 1.64. The molecule has 0 N–H and O–H groups in total. The molecule has 1 amide bonds. The zero-order chi connectivity index (χ0) is 20.1. The number of aromatic nitrogens is 1. The maximum Gasteiger partial charge on any atom is 0.228 e. The molecular weight excluding hydrogens is 380 g/mol. The Morgan fingerprint density at radius 2 is 1.66 bits per heavy atom. The number of amides is 1. The first-order valence-corrected chi connectivity index (χ1v) is 11.8. The minimum absolute atomic E-state index is 0.228. The third-order valence-electron chi connectivity index (χ3n) is 6.05. The average Bonchev–Trinajstić information content (AvgIpc) is 3.02. The van der Waals surface area contributed by atoms with E-state index < -0.39 is 0 Å². The van der Waals surface area contributed by atoms with Crippen LogP contribution in [0.4, 0.5) is 0 Å². The third kappa shape index (κ3) is 5.65. The van der Waals surface area contributed by atoms with Crippen molar-refractivity contribution in [2.75, 3.05) is 46.3 Å². The summed E-state index contributed by atoms with van der Waals surface area (Å²) in [6, 6.07) is 8.78. The lowest BCUT2D eigenvalue weighted by Crippen LogP contribution is -2.43. The van der Waals surface area contributed by atoms with E-state index in [1.54, 1.807) is 11.3 Å². The van der Waals surface area contributed by atoms with Gasteiger partial charge in [0.25, 0.3) is 0 Å². The van der Waals surface area contributed by atoms with Gasteiger partial charge >= 0.3 is 0 Å². The summed E-state index contributed by atoms with van der Waals surface area (Å²) < 4.78 is 0. The molecule has 0 radical (unpaired) electrons. The van der Waals surface area contributed by atoms with Crippen LogP contribution in [0.15, 0.2) is 29.6 Å². The Bertz CT molecular complexity index is 787. The molecule has 2 aliphatic heterocycles. The number of hydrogen-bond acceptors (Lipinski definition) is 5. The molecule has 0 spiro atoms. The minimum atomic E-state index is 0.228. The summed E-state index contributed by atoms with van der Waals surface area (Å²) in [5.74, 6) is 0.228. The zero-order valence-electron chi connectivity index (χ0n) is 17.5. The fourth-order valence-corrected chi connectivity index (χ4v) is 4.95. The fraction of sp³-hybridized carbons (Fsp3) is 0.565. The van der Waals surface area contributed by atoms with E-state index in [4.69, 9.17) is 4.98 Å². The normalized spacial score (nSPS) is 19.3. The molecule has 156 valence electrons. The van der Waals surface area contributed by atoms with Gasteiger partial charge in [-0.2, -0.15) is 0 Å². The topological polar surface area (TPSA) is 39.7 Å². The number of likely N-dealkylation sites (N-methyl/N-ethyl adjacent to an activating group) is 1. The van der Waals surface area contributed by atoms with Gasteiger partial charge in [-0.1, -0.05) is 37.1 Å².